The molecule has 1 atom stereocenters. The SMILES string of the molecule is Cl.Cl.Cn1ccnc1C1CNCCN1C(=O)c1csc2cncn12. The van der Waals surface area contributed by atoms with Gasteiger partial charge in [0, 0.05) is 44.5 Å². The number of thiazole rings is 1. The Labute approximate surface area is 155 Å². The fourth-order valence-electron chi connectivity index (χ4n) is 2.90. The quantitative estimate of drug-likeness (QED) is 0.726. The van der Waals surface area contributed by atoms with Gasteiger partial charge in [0.05, 0.1) is 6.20 Å². The first-order chi connectivity index (χ1) is 10.8. The average molecular weight is 389 g/mol. The molecule has 1 aliphatic rings. The van der Waals surface area contributed by atoms with Gasteiger partial charge in [0.25, 0.3) is 5.91 Å². The maximum atomic E-state index is 13.0. The first kappa shape index (κ1) is 18.7. The van der Waals surface area contributed by atoms with Gasteiger partial charge in [0.2, 0.25) is 0 Å². The molecule has 24 heavy (non-hydrogen) atoms. The molecule has 130 valence electrons. The normalized spacial score (nSPS) is 17.4. The third kappa shape index (κ3) is 3.02. The highest BCUT2D eigenvalue weighted by atomic mass is 35.5. The number of aromatic nitrogens is 4. The third-order valence-electron chi connectivity index (χ3n) is 4.04. The van der Waals surface area contributed by atoms with E-state index in [2.05, 4.69) is 15.3 Å². The number of imidazole rings is 2. The molecule has 0 aromatic carbocycles. The second-order valence-electron chi connectivity index (χ2n) is 5.34. The van der Waals surface area contributed by atoms with Gasteiger partial charge < -0.3 is 14.8 Å². The van der Waals surface area contributed by atoms with E-state index in [9.17, 15) is 4.79 Å². The minimum atomic E-state index is -0.0558. The number of fused-ring (bicyclic) bond motifs is 1. The van der Waals surface area contributed by atoms with Crippen molar-refractivity contribution in [3.05, 3.63) is 41.8 Å². The van der Waals surface area contributed by atoms with Gasteiger partial charge in [0.15, 0.2) is 0 Å². The Hall–Kier alpha value is -1.61. The molecule has 1 aliphatic heterocycles. The fraction of sp³-hybridized carbons (Fsp3) is 0.357. The van der Waals surface area contributed by atoms with Gasteiger partial charge in [-0.3, -0.25) is 9.20 Å². The Morgan fingerprint density at radius 3 is 3.00 bits per heavy atom. The van der Waals surface area contributed by atoms with Crippen LogP contribution in [0.5, 0.6) is 0 Å². The number of aryl methyl sites for hydroxylation is 1. The molecule has 0 spiro atoms. The van der Waals surface area contributed by atoms with Crippen molar-refractivity contribution in [2.24, 2.45) is 7.05 Å². The topological polar surface area (TPSA) is 67.5 Å². The van der Waals surface area contributed by atoms with Gasteiger partial charge in [-0.1, -0.05) is 0 Å². The van der Waals surface area contributed by atoms with Crippen LogP contribution in [0, 0.1) is 0 Å². The van der Waals surface area contributed by atoms with E-state index in [1.165, 1.54) is 11.3 Å². The average Bonchev–Trinajstić information content (AvgIpc) is 3.22. The zero-order chi connectivity index (χ0) is 15.1. The minimum absolute atomic E-state index is 0. The van der Waals surface area contributed by atoms with Crippen LogP contribution in [0.4, 0.5) is 0 Å². The molecule has 1 amide bonds. The molecule has 1 unspecified atom stereocenters. The summed E-state index contributed by atoms with van der Waals surface area (Å²) in [6, 6.07) is -0.0558. The highest BCUT2D eigenvalue weighted by molar-refractivity contribution is 7.15. The summed E-state index contributed by atoms with van der Waals surface area (Å²) in [5.74, 6) is 0.927. The van der Waals surface area contributed by atoms with E-state index in [4.69, 9.17) is 0 Å². The van der Waals surface area contributed by atoms with E-state index < -0.39 is 0 Å². The van der Waals surface area contributed by atoms with Gasteiger partial charge in [-0.2, -0.15) is 0 Å². The lowest BCUT2D eigenvalue weighted by Crippen LogP contribution is -2.49. The lowest BCUT2D eigenvalue weighted by atomic mass is 10.1. The zero-order valence-electron chi connectivity index (χ0n) is 13.0. The van der Waals surface area contributed by atoms with Crippen molar-refractivity contribution >= 4 is 46.9 Å². The molecule has 7 nitrogen and oxygen atoms in total. The van der Waals surface area contributed by atoms with Crippen LogP contribution in [0.15, 0.2) is 30.3 Å². The monoisotopic (exact) mass is 388 g/mol. The maximum absolute atomic E-state index is 13.0. The summed E-state index contributed by atoms with van der Waals surface area (Å²) in [6.07, 6.45) is 7.14. The number of amides is 1. The van der Waals surface area contributed by atoms with E-state index >= 15 is 0 Å². The molecule has 1 saturated heterocycles. The van der Waals surface area contributed by atoms with Crippen molar-refractivity contribution in [1.82, 2.24) is 29.2 Å². The van der Waals surface area contributed by atoms with Gasteiger partial charge >= 0.3 is 0 Å². The summed E-state index contributed by atoms with van der Waals surface area (Å²) in [5, 5.41) is 5.25. The lowest BCUT2D eigenvalue weighted by Gasteiger charge is -2.35. The Morgan fingerprint density at radius 2 is 2.25 bits per heavy atom. The van der Waals surface area contributed by atoms with E-state index in [1.807, 2.05) is 32.5 Å². The molecule has 3 aromatic heterocycles. The van der Waals surface area contributed by atoms with Crippen LogP contribution in [0.1, 0.15) is 22.4 Å². The molecule has 4 heterocycles. The van der Waals surface area contributed by atoms with E-state index in [1.54, 1.807) is 18.7 Å². The van der Waals surface area contributed by atoms with Crippen molar-refractivity contribution in [3.63, 3.8) is 0 Å². The van der Waals surface area contributed by atoms with E-state index in [0.717, 1.165) is 17.2 Å². The number of nitrogens with one attached hydrogen (secondary N) is 1. The third-order valence-corrected chi connectivity index (χ3v) is 4.92. The summed E-state index contributed by atoms with van der Waals surface area (Å²) in [5.41, 5.74) is 0.665. The van der Waals surface area contributed by atoms with Crippen LogP contribution in [0.3, 0.4) is 0 Å². The van der Waals surface area contributed by atoms with Crippen molar-refractivity contribution in [3.8, 4) is 0 Å². The molecule has 0 aliphatic carbocycles. The van der Waals surface area contributed by atoms with E-state index in [-0.39, 0.29) is 36.8 Å². The first-order valence-electron chi connectivity index (χ1n) is 7.14. The molecule has 0 bridgehead atoms. The van der Waals surface area contributed by atoms with Gasteiger partial charge in [-0.05, 0) is 0 Å². The predicted molar refractivity (Wildman–Crippen MR) is 97.4 cm³/mol. The Bertz CT molecular complexity index is 828. The summed E-state index contributed by atoms with van der Waals surface area (Å²) >= 11 is 1.53. The van der Waals surface area contributed by atoms with Crippen molar-refractivity contribution in [1.29, 1.82) is 0 Å². The summed E-state index contributed by atoms with van der Waals surface area (Å²) in [4.78, 5) is 24.4. The minimum Gasteiger partial charge on any atom is -0.336 e. The number of nitrogens with zero attached hydrogens (tertiary/aromatic N) is 5. The number of hydrogen-bond donors (Lipinski definition) is 1. The number of halogens is 2. The van der Waals surface area contributed by atoms with Crippen LogP contribution >= 0.6 is 36.2 Å². The first-order valence-corrected chi connectivity index (χ1v) is 8.02. The largest absolute Gasteiger partial charge is 0.336 e. The molecular formula is C14H18Cl2N6OS. The number of carbonyl (C=O) groups is 1. The highest BCUT2D eigenvalue weighted by Crippen LogP contribution is 2.24. The summed E-state index contributed by atoms with van der Waals surface area (Å²) in [7, 11) is 1.96. The van der Waals surface area contributed by atoms with Crippen LogP contribution in [-0.2, 0) is 7.05 Å². The Morgan fingerprint density at radius 1 is 1.42 bits per heavy atom. The number of hydrogen-bond acceptors (Lipinski definition) is 5. The molecule has 1 N–H and O–H groups in total. The van der Waals surface area contributed by atoms with Crippen molar-refractivity contribution < 1.29 is 4.79 Å². The maximum Gasteiger partial charge on any atom is 0.272 e. The van der Waals surface area contributed by atoms with Crippen molar-refractivity contribution in [2.75, 3.05) is 19.6 Å². The standard InChI is InChI=1S/C14H16N6OS.2ClH/c1-18-4-3-17-13(18)10-6-15-2-5-19(10)14(21)11-8-22-12-7-16-9-20(11)12;;/h3-4,7-10,15H,2,5-6H2,1H3;2*1H. The number of rotatable bonds is 2. The molecule has 10 heteroatoms. The van der Waals surface area contributed by atoms with Crippen LogP contribution in [0.2, 0.25) is 0 Å². The number of carbonyl (C=O) groups excluding carboxylic acids is 1. The molecular weight excluding hydrogens is 371 g/mol. The van der Waals surface area contributed by atoms with Crippen LogP contribution in [0.25, 0.3) is 4.83 Å². The zero-order valence-corrected chi connectivity index (χ0v) is 15.4. The smallest absolute Gasteiger partial charge is 0.272 e. The molecule has 0 radical (unpaired) electrons. The van der Waals surface area contributed by atoms with Gasteiger partial charge in [-0.25, -0.2) is 9.97 Å². The molecule has 0 saturated carbocycles. The number of piperazine rings is 1. The van der Waals surface area contributed by atoms with Gasteiger partial charge in [0.1, 0.15) is 28.7 Å². The summed E-state index contributed by atoms with van der Waals surface area (Å²) < 4.78 is 3.82. The van der Waals surface area contributed by atoms with Crippen LogP contribution < -0.4 is 5.32 Å². The molecule has 3 aromatic rings. The summed E-state index contributed by atoms with van der Waals surface area (Å²) in [6.45, 7) is 2.18. The van der Waals surface area contributed by atoms with E-state index in [0.29, 0.717) is 18.8 Å². The van der Waals surface area contributed by atoms with Crippen LogP contribution in [-0.4, -0.2) is 49.4 Å². The second kappa shape index (κ2) is 7.52. The second-order valence-corrected chi connectivity index (χ2v) is 6.23. The molecule has 4 rings (SSSR count). The molecule has 1 fully saturated rings. The van der Waals surface area contributed by atoms with Gasteiger partial charge in [-0.15, -0.1) is 36.2 Å². The Kier molecular flexibility index (Phi) is 5.87. The highest BCUT2D eigenvalue weighted by Gasteiger charge is 2.32. The lowest BCUT2D eigenvalue weighted by molar-refractivity contribution is 0.0614. The fourth-order valence-corrected chi connectivity index (χ4v) is 3.73. The van der Waals surface area contributed by atoms with Crippen molar-refractivity contribution in [2.45, 2.75) is 6.04 Å². The Balaban J connectivity index is 0.00000104. The predicted octanol–water partition coefficient (Wildman–Crippen LogP) is 1.76.